The first-order valence-electron chi connectivity index (χ1n) is 24.1. The zero-order valence-corrected chi connectivity index (χ0v) is 38.2. The lowest BCUT2D eigenvalue weighted by Gasteiger charge is -2.18. The van der Waals surface area contributed by atoms with Gasteiger partial charge in [0.25, 0.3) is 0 Å². The minimum Gasteiger partial charge on any atom is -0.462 e. The van der Waals surface area contributed by atoms with Crippen LogP contribution in [0, 0.1) is 0 Å². The summed E-state index contributed by atoms with van der Waals surface area (Å²) in [5, 5.41) is 0. The molecular formula is C53H88O6. The molecule has 0 radical (unpaired) electrons. The van der Waals surface area contributed by atoms with E-state index in [0.717, 1.165) is 122 Å². The van der Waals surface area contributed by atoms with Crippen LogP contribution in [0.25, 0.3) is 0 Å². The van der Waals surface area contributed by atoms with Gasteiger partial charge < -0.3 is 14.2 Å². The molecule has 1 unspecified atom stereocenters. The Labute approximate surface area is 363 Å². The van der Waals surface area contributed by atoms with E-state index >= 15 is 0 Å². The van der Waals surface area contributed by atoms with Crippen LogP contribution in [0.4, 0.5) is 0 Å². The lowest BCUT2D eigenvalue weighted by molar-refractivity contribution is -0.167. The van der Waals surface area contributed by atoms with Crippen molar-refractivity contribution in [2.45, 2.75) is 219 Å². The van der Waals surface area contributed by atoms with Gasteiger partial charge in [-0.3, -0.25) is 14.4 Å². The topological polar surface area (TPSA) is 78.9 Å². The predicted molar refractivity (Wildman–Crippen MR) is 251 cm³/mol. The maximum Gasteiger partial charge on any atom is 0.306 e. The van der Waals surface area contributed by atoms with E-state index in [9.17, 15) is 14.4 Å². The average Bonchev–Trinajstić information content (AvgIpc) is 3.23. The number of ether oxygens (including phenoxy) is 3. The molecule has 0 aliphatic heterocycles. The van der Waals surface area contributed by atoms with Crippen LogP contribution in [-0.4, -0.2) is 37.2 Å². The van der Waals surface area contributed by atoms with Crippen molar-refractivity contribution in [2.24, 2.45) is 0 Å². The summed E-state index contributed by atoms with van der Waals surface area (Å²) in [7, 11) is 0. The molecule has 6 nitrogen and oxygen atoms in total. The number of esters is 3. The maximum atomic E-state index is 12.7. The van der Waals surface area contributed by atoms with Gasteiger partial charge in [-0.1, -0.05) is 189 Å². The fraction of sp³-hybridized carbons (Fsp3) is 0.679. The van der Waals surface area contributed by atoms with Crippen molar-refractivity contribution in [1.29, 1.82) is 0 Å². The molecule has 0 aliphatic rings. The molecule has 0 aromatic carbocycles. The standard InChI is InChI=1S/C53H88O6/c1-4-7-10-13-16-18-20-21-22-23-24-25-26-27-28-29-30-31-33-34-37-40-43-46-52(55)58-49-50(48-57-51(54)45-42-39-36-15-12-9-6-3)59-53(56)47-44-41-38-35-32-19-17-14-11-8-5-2/h7,10,14,16-18,21-22,24-25,27-28,30-31,50H,4-6,8-9,11-13,15,19-20,23,26,29,32-49H2,1-3H3/b10-7-,17-14-,18-16-,22-21-,25-24-,28-27-,31-30-. The molecule has 1 atom stereocenters. The van der Waals surface area contributed by atoms with Crippen LogP contribution in [0.2, 0.25) is 0 Å². The Morgan fingerprint density at radius 1 is 0.356 bits per heavy atom. The van der Waals surface area contributed by atoms with Gasteiger partial charge >= 0.3 is 17.9 Å². The summed E-state index contributed by atoms with van der Waals surface area (Å²) in [5.74, 6) is -0.937. The van der Waals surface area contributed by atoms with Crippen LogP contribution >= 0.6 is 0 Å². The van der Waals surface area contributed by atoms with Crippen LogP contribution in [0.3, 0.4) is 0 Å². The second-order valence-corrected chi connectivity index (χ2v) is 15.6. The summed E-state index contributed by atoms with van der Waals surface area (Å²) < 4.78 is 16.6. The summed E-state index contributed by atoms with van der Waals surface area (Å²) in [6, 6.07) is 0. The molecule has 0 bridgehead atoms. The number of rotatable bonds is 42. The van der Waals surface area contributed by atoms with E-state index in [1.54, 1.807) is 0 Å². The number of unbranched alkanes of at least 4 members (excludes halogenated alkanes) is 17. The molecule has 6 heteroatoms. The quantitative estimate of drug-likeness (QED) is 0.0264. The third kappa shape index (κ3) is 45.5. The van der Waals surface area contributed by atoms with Gasteiger partial charge in [-0.25, -0.2) is 0 Å². The van der Waals surface area contributed by atoms with Crippen molar-refractivity contribution >= 4 is 17.9 Å². The molecule has 0 fully saturated rings. The molecule has 0 amide bonds. The Kier molecular flexibility index (Phi) is 44.5. The lowest BCUT2D eigenvalue weighted by atomic mass is 10.1. The van der Waals surface area contributed by atoms with Crippen molar-refractivity contribution in [3.63, 3.8) is 0 Å². The summed E-state index contributed by atoms with van der Waals surface area (Å²) in [4.78, 5) is 37.6. The Bertz CT molecular complexity index is 1170. The normalized spacial score (nSPS) is 12.8. The Morgan fingerprint density at radius 2 is 0.678 bits per heavy atom. The number of allylic oxidation sites excluding steroid dienone is 14. The number of hydrogen-bond donors (Lipinski definition) is 0. The summed E-state index contributed by atoms with van der Waals surface area (Å²) >= 11 is 0. The van der Waals surface area contributed by atoms with Crippen LogP contribution in [0.1, 0.15) is 213 Å². The van der Waals surface area contributed by atoms with Gasteiger partial charge in [-0.15, -0.1) is 0 Å². The van der Waals surface area contributed by atoms with E-state index in [1.165, 1.54) is 51.4 Å². The largest absolute Gasteiger partial charge is 0.462 e. The van der Waals surface area contributed by atoms with E-state index in [-0.39, 0.29) is 31.1 Å². The van der Waals surface area contributed by atoms with E-state index in [0.29, 0.717) is 19.3 Å². The number of carbonyl (C=O) groups is 3. The molecule has 0 N–H and O–H groups in total. The second-order valence-electron chi connectivity index (χ2n) is 15.6. The predicted octanol–water partition coefficient (Wildman–Crippen LogP) is 15.6. The lowest BCUT2D eigenvalue weighted by Crippen LogP contribution is -2.30. The average molecular weight is 821 g/mol. The highest BCUT2D eigenvalue weighted by Crippen LogP contribution is 2.13. The minimum absolute atomic E-state index is 0.0886. The second kappa shape index (κ2) is 47.3. The molecule has 0 saturated carbocycles. The van der Waals surface area contributed by atoms with Crippen LogP contribution in [0.15, 0.2) is 85.1 Å². The third-order valence-corrected chi connectivity index (χ3v) is 9.88. The molecule has 0 aromatic heterocycles. The minimum atomic E-state index is -0.787. The zero-order chi connectivity index (χ0) is 43.0. The van der Waals surface area contributed by atoms with Crippen molar-refractivity contribution in [3.8, 4) is 0 Å². The van der Waals surface area contributed by atoms with Gasteiger partial charge in [0.15, 0.2) is 6.10 Å². The molecule has 0 saturated heterocycles. The number of hydrogen-bond acceptors (Lipinski definition) is 6. The highest BCUT2D eigenvalue weighted by Gasteiger charge is 2.19. The fourth-order valence-corrected chi connectivity index (χ4v) is 6.25. The highest BCUT2D eigenvalue weighted by molar-refractivity contribution is 5.71. The summed E-state index contributed by atoms with van der Waals surface area (Å²) in [6.45, 7) is 6.39. The monoisotopic (exact) mass is 821 g/mol. The Morgan fingerprint density at radius 3 is 1.10 bits per heavy atom. The van der Waals surface area contributed by atoms with E-state index in [2.05, 4.69) is 106 Å². The van der Waals surface area contributed by atoms with Crippen molar-refractivity contribution in [2.75, 3.05) is 13.2 Å². The van der Waals surface area contributed by atoms with E-state index < -0.39 is 6.10 Å². The number of carbonyl (C=O) groups excluding carboxylic acids is 3. The van der Waals surface area contributed by atoms with Crippen molar-refractivity contribution in [3.05, 3.63) is 85.1 Å². The molecule has 336 valence electrons. The van der Waals surface area contributed by atoms with Gasteiger partial charge in [-0.2, -0.15) is 0 Å². The first-order chi connectivity index (χ1) is 29.0. The Hall–Kier alpha value is -3.41. The van der Waals surface area contributed by atoms with Gasteiger partial charge in [0.1, 0.15) is 13.2 Å². The van der Waals surface area contributed by atoms with Gasteiger partial charge in [-0.05, 0) is 89.9 Å². The van der Waals surface area contributed by atoms with E-state index in [4.69, 9.17) is 14.2 Å². The SMILES string of the molecule is CC/C=C\C/C=C\C/C=C\C/C=C\C/C=C\C/C=C\CCCCCCC(=O)OCC(COC(=O)CCCCCCCCC)OC(=O)CCCCCCC/C=C\CCCC. The van der Waals surface area contributed by atoms with Crippen molar-refractivity contribution in [1.82, 2.24) is 0 Å². The maximum absolute atomic E-state index is 12.7. The van der Waals surface area contributed by atoms with Gasteiger partial charge in [0.2, 0.25) is 0 Å². The summed E-state index contributed by atoms with van der Waals surface area (Å²) in [6.07, 6.45) is 60.1. The third-order valence-electron chi connectivity index (χ3n) is 9.88. The van der Waals surface area contributed by atoms with Crippen LogP contribution < -0.4 is 0 Å². The van der Waals surface area contributed by atoms with E-state index in [1.807, 2.05) is 0 Å². The van der Waals surface area contributed by atoms with Gasteiger partial charge in [0.05, 0.1) is 0 Å². The Balaban J connectivity index is 4.29. The fourth-order valence-electron chi connectivity index (χ4n) is 6.25. The zero-order valence-electron chi connectivity index (χ0n) is 38.2. The first-order valence-corrected chi connectivity index (χ1v) is 24.1. The van der Waals surface area contributed by atoms with Crippen molar-refractivity contribution < 1.29 is 28.6 Å². The molecule has 0 heterocycles. The molecule has 59 heavy (non-hydrogen) atoms. The molecule has 0 aromatic rings. The molecule has 0 aliphatic carbocycles. The first kappa shape index (κ1) is 55.6. The smallest absolute Gasteiger partial charge is 0.306 e. The molecular weight excluding hydrogens is 733 g/mol. The van der Waals surface area contributed by atoms with Crippen LogP contribution in [-0.2, 0) is 28.6 Å². The molecule has 0 spiro atoms. The summed E-state index contributed by atoms with van der Waals surface area (Å²) in [5.41, 5.74) is 0. The van der Waals surface area contributed by atoms with Crippen LogP contribution in [0.5, 0.6) is 0 Å². The highest BCUT2D eigenvalue weighted by atomic mass is 16.6. The molecule has 0 rings (SSSR count). The van der Waals surface area contributed by atoms with Gasteiger partial charge in [0, 0.05) is 19.3 Å².